The van der Waals surface area contributed by atoms with Crippen molar-refractivity contribution in [3.05, 3.63) is 0 Å². The Hall–Kier alpha value is -0.300. The third-order valence-electron chi connectivity index (χ3n) is 2.47. The van der Waals surface area contributed by atoms with Crippen LogP contribution in [0, 0.1) is 5.92 Å². The molecule has 0 aliphatic heterocycles. The minimum Gasteiger partial charge on any atom is -0.204 e. The number of nitrogens with one attached hydrogen (secondary N) is 1. The predicted octanol–water partition coefficient (Wildman–Crippen LogP) is 1.61. The van der Waals surface area contributed by atoms with Gasteiger partial charge in [-0.05, 0) is 18.8 Å². The van der Waals surface area contributed by atoms with Crippen LogP contribution < -0.4 is 4.72 Å². The third kappa shape index (κ3) is 2.38. The maximum absolute atomic E-state index is 12.0. The zero-order chi connectivity index (χ0) is 11.0. The van der Waals surface area contributed by atoms with Crippen LogP contribution in [-0.4, -0.2) is 20.0 Å². The molecule has 0 aromatic heterocycles. The minimum absolute atomic E-state index is 0.0212. The Morgan fingerprint density at radius 3 is 2.21 bits per heavy atom. The van der Waals surface area contributed by atoms with Crippen LogP contribution in [0.3, 0.4) is 0 Å². The summed E-state index contributed by atoms with van der Waals surface area (Å²) < 4.78 is 59.0. The molecule has 1 saturated carbocycles. The lowest BCUT2D eigenvalue weighted by molar-refractivity contribution is -0.0451. The Labute approximate surface area is 80.7 Å². The monoisotopic (exact) mass is 231 g/mol. The zero-order valence-corrected chi connectivity index (χ0v) is 8.45. The van der Waals surface area contributed by atoms with E-state index in [0.717, 1.165) is 12.8 Å². The maximum atomic E-state index is 12.0. The standard InChI is InChI=1S/C7H12F3NO2S/c1-5-3-2-4-6(5)11-14(12,13)7(8,9)10/h5-6,11H,2-4H2,1H3/t5-,6+/m1/s1. The van der Waals surface area contributed by atoms with Gasteiger partial charge in [0.05, 0.1) is 0 Å². The van der Waals surface area contributed by atoms with Crippen molar-refractivity contribution in [2.24, 2.45) is 5.92 Å². The Balaban J connectivity index is 2.69. The summed E-state index contributed by atoms with van der Waals surface area (Å²) in [5, 5.41) is 0. The van der Waals surface area contributed by atoms with E-state index < -0.39 is 21.6 Å². The summed E-state index contributed by atoms with van der Waals surface area (Å²) in [5.74, 6) is -0.0212. The first-order valence-corrected chi connectivity index (χ1v) is 5.81. The van der Waals surface area contributed by atoms with Crippen LogP contribution in [0.5, 0.6) is 0 Å². The molecular formula is C7H12F3NO2S. The van der Waals surface area contributed by atoms with E-state index in [1.807, 2.05) is 0 Å². The molecule has 0 saturated heterocycles. The third-order valence-corrected chi connectivity index (χ3v) is 3.70. The summed E-state index contributed by atoms with van der Waals surface area (Å²) in [6.07, 6.45) is 2.02. The number of rotatable bonds is 2. The van der Waals surface area contributed by atoms with Gasteiger partial charge in [0.1, 0.15) is 0 Å². The van der Waals surface area contributed by atoms with Gasteiger partial charge in [-0.25, -0.2) is 13.1 Å². The topological polar surface area (TPSA) is 46.2 Å². The van der Waals surface area contributed by atoms with Gasteiger partial charge in [0.15, 0.2) is 0 Å². The number of halogens is 3. The molecule has 1 rings (SSSR count). The van der Waals surface area contributed by atoms with E-state index in [9.17, 15) is 21.6 Å². The second-order valence-electron chi connectivity index (χ2n) is 3.58. The zero-order valence-electron chi connectivity index (χ0n) is 7.63. The number of hydrogen-bond acceptors (Lipinski definition) is 2. The molecule has 0 bridgehead atoms. The highest BCUT2D eigenvalue weighted by Gasteiger charge is 2.47. The van der Waals surface area contributed by atoms with Gasteiger partial charge in [-0.3, -0.25) is 0 Å². The Kier molecular flexibility index (Phi) is 3.10. The van der Waals surface area contributed by atoms with Crippen LogP contribution in [-0.2, 0) is 10.0 Å². The Morgan fingerprint density at radius 2 is 1.86 bits per heavy atom. The van der Waals surface area contributed by atoms with Crippen molar-refractivity contribution in [1.29, 1.82) is 0 Å². The fourth-order valence-corrected chi connectivity index (χ4v) is 2.47. The summed E-state index contributed by atoms with van der Waals surface area (Å²) in [5.41, 5.74) is -5.20. The van der Waals surface area contributed by atoms with Crippen LogP contribution in [0.25, 0.3) is 0 Å². The molecule has 7 heteroatoms. The lowest BCUT2D eigenvalue weighted by Crippen LogP contribution is -2.43. The average molecular weight is 231 g/mol. The van der Waals surface area contributed by atoms with E-state index in [2.05, 4.69) is 0 Å². The van der Waals surface area contributed by atoms with Gasteiger partial charge in [0.2, 0.25) is 0 Å². The molecule has 1 N–H and O–H groups in total. The first kappa shape index (κ1) is 11.8. The van der Waals surface area contributed by atoms with Gasteiger partial charge < -0.3 is 0 Å². The molecule has 0 aromatic rings. The molecule has 1 aliphatic carbocycles. The summed E-state index contributed by atoms with van der Waals surface area (Å²) in [6, 6.07) is -0.568. The van der Waals surface area contributed by atoms with E-state index in [-0.39, 0.29) is 5.92 Å². The molecule has 0 heterocycles. The molecule has 14 heavy (non-hydrogen) atoms. The molecule has 3 nitrogen and oxygen atoms in total. The van der Waals surface area contributed by atoms with Crippen molar-refractivity contribution in [3.63, 3.8) is 0 Å². The summed E-state index contributed by atoms with van der Waals surface area (Å²) in [7, 11) is -5.16. The van der Waals surface area contributed by atoms with Crippen LogP contribution in [0.15, 0.2) is 0 Å². The molecule has 2 atom stereocenters. The van der Waals surface area contributed by atoms with Crippen molar-refractivity contribution in [3.8, 4) is 0 Å². The predicted molar refractivity (Wildman–Crippen MR) is 44.9 cm³/mol. The highest BCUT2D eigenvalue weighted by atomic mass is 32.2. The highest BCUT2D eigenvalue weighted by Crippen LogP contribution is 2.29. The Bertz CT molecular complexity index is 299. The smallest absolute Gasteiger partial charge is 0.204 e. The van der Waals surface area contributed by atoms with E-state index in [0.29, 0.717) is 6.42 Å². The number of alkyl halides is 3. The molecule has 0 aromatic carbocycles. The summed E-state index contributed by atoms with van der Waals surface area (Å²) in [4.78, 5) is 0. The second kappa shape index (κ2) is 3.69. The van der Waals surface area contributed by atoms with Gasteiger partial charge in [-0.2, -0.15) is 13.2 Å². The number of sulfonamides is 1. The van der Waals surface area contributed by atoms with Gasteiger partial charge in [-0.1, -0.05) is 13.3 Å². The van der Waals surface area contributed by atoms with E-state index in [4.69, 9.17) is 0 Å². The van der Waals surface area contributed by atoms with Gasteiger partial charge >= 0.3 is 15.5 Å². The van der Waals surface area contributed by atoms with Crippen LogP contribution in [0.1, 0.15) is 26.2 Å². The molecule has 1 aliphatic rings. The summed E-state index contributed by atoms with van der Waals surface area (Å²) in [6.45, 7) is 1.75. The van der Waals surface area contributed by atoms with E-state index >= 15 is 0 Å². The van der Waals surface area contributed by atoms with Crippen molar-refractivity contribution in [2.75, 3.05) is 0 Å². The lowest BCUT2D eigenvalue weighted by atomic mass is 10.1. The van der Waals surface area contributed by atoms with Gasteiger partial charge in [0.25, 0.3) is 0 Å². The molecule has 0 amide bonds. The average Bonchev–Trinajstić information content (AvgIpc) is 2.33. The largest absolute Gasteiger partial charge is 0.511 e. The normalized spacial score (nSPS) is 29.4. The molecule has 0 unspecified atom stereocenters. The first-order chi connectivity index (χ1) is 6.24. The molecule has 84 valence electrons. The van der Waals surface area contributed by atoms with Crippen molar-refractivity contribution < 1.29 is 21.6 Å². The van der Waals surface area contributed by atoms with Gasteiger partial charge in [-0.15, -0.1) is 0 Å². The minimum atomic E-state index is -5.20. The number of hydrogen-bond donors (Lipinski definition) is 1. The molecule has 0 spiro atoms. The SMILES string of the molecule is C[C@@H]1CCC[C@@H]1NS(=O)(=O)C(F)(F)F. The van der Waals surface area contributed by atoms with E-state index in [1.54, 1.807) is 11.6 Å². The van der Waals surface area contributed by atoms with Crippen LogP contribution in [0.2, 0.25) is 0 Å². The second-order valence-corrected chi connectivity index (χ2v) is 5.29. The summed E-state index contributed by atoms with van der Waals surface area (Å²) >= 11 is 0. The first-order valence-electron chi connectivity index (χ1n) is 4.32. The molecular weight excluding hydrogens is 219 g/mol. The fraction of sp³-hybridized carbons (Fsp3) is 1.00. The molecule has 1 fully saturated rings. The van der Waals surface area contributed by atoms with E-state index in [1.165, 1.54) is 0 Å². The van der Waals surface area contributed by atoms with Gasteiger partial charge in [0, 0.05) is 6.04 Å². The molecule has 0 radical (unpaired) electrons. The quantitative estimate of drug-likeness (QED) is 0.784. The van der Waals surface area contributed by atoms with Crippen LogP contribution in [0.4, 0.5) is 13.2 Å². The van der Waals surface area contributed by atoms with Crippen molar-refractivity contribution in [2.45, 2.75) is 37.7 Å². The maximum Gasteiger partial charge on any atom is 0.511 e. The van der Waals surface area contributed by atoms with Crippen LogP contribution >= 0.6 is 0 Å². The van der Waals surface area contributed by atoms with Crippen molar-refractivity contribution >= 4 is 10.0 Å². The fourth-order valence-electron chi connectivity index (χ4n) is 1.59. The lowest BCUT2D eigenvalue weighted by Gasteiger charge is -2.18. The highest BCUT2D eigenvalue weighted by molar-refractivity contribution is 7.90. The van der Waals surface area contributed by atoms with Crippen molar-refractivity contribution in [1.82, 2.24) is 4.72 Å². The Morgan fingerprint density at radius 1 is 1.29 bits per heavy atom.